The third-order valence-corrected chi connectivity index (χ3v) is 3.52. The molecule has 0 heterocycles. The average molecular weight is 299 g/mol. The zero-order valence-corrected chi connectivity index (χ0v) is 12.5. The summed E-state index contributed by atoms with van der Waals surface area (Å²) in [5.41, 5.74) is 19.0. The molecule has 5 nitrogen and oxygen atoms in total. The van der Waals surface area contributed by atoms with Gasteiger partial charge in [0.15, 0.2) is 5.96 Å². The first-order valence-corrected chi connectivity index (χ1v) is 7.49. The van der Waals surface area contributed by atoms with Gasteiger partial charge in [-0.25, -0.2) is 4.99 Å². The second-order valence-electron chi connectivity index (χ2n) is 4.28. The maximum atomic E-state index is 5.59. The Balaban J connectivity index is 2.20. The minimum Gasteiger partial charge on any atom is -0.370 e. The molecule has 0 fully saturated rings. The summed E-state index contributed by atoms with van der Waals surface area (Å²) in [6.45, 7) is 0. The molecule has 0 aromatic heterocycles. The predicted octanol–water partition coefficient (Wildman–Crippen LogP) is 2.30. The van der Waals surface area contributed by atoms with Crippen molar-refractivity contribution in [2.24, 2.45) is 27.2 Å². The van der Waals surface area contributed by atoms with Crippen molar-refractivity contribution < 1.29 is 0 Å². The molecule has 0 bridgehead atoms. The van der Waals surface area contributed by atoms with E-state index in [0.29, 0.717) is 5.69 Å². The second kappa shape index (κ2) is 6.81. The van der Waals surface area contributed by atoms with Gasteiger partial charge < -0.3 is 17.2 Å². The number of hydrogen-bond acceptors (Lipinski definition) is 2. The maximum Gasteiger partial charge on any atom is 0.223 e. The summed E-state index contributed by atoms with van der Waals surface area (Å²) in [6, 6.07) is 16.1. The van der Waals surface area contributed by atoms with Crippen LogP contribution in [0, 0.1) is 0 Å². The lowest BCUT2D eigenvalue weighted by Gasteiger charge is -2.03. The van der Waals surface area contributed by atoms with Gasteiger partial charge in [0.1, 0.15) is 0 Å². The topological polar surface area (TPSA) is 103 Å². The Morgan fingerprint density at radius 1 is 0.857 bits per heavy atom. The first kappa shape index (κ1) is 14.9. The van der Waals surface area contributed by atoms with E-state index in [2.05, 4.69) is 40.5 Å². The van der Waals surface area contributed by atoms with Crippen molar-refractivity contribution >= 4 is 29.4 Å². The van der Waals surface area contributed by atoms with E-state index in [0.717, 1.165) is 11.1 Å². The van der Waals surface area contributed by atoms with Crippen molar-refractivity contribution in [3.63, 3.8) is 0 Å². The van der Waals surface area contributed by atoms with E-state index in [9.17, 15) is 0 Å². The van der Waals surface area contributed by atoms with Crippen LogP contribution in [0.15, 0.2) is 63.4 Å². The molecule has 0 unspecified atom stereocenters. The lowest BCUT2D eigenvalue weighted by molar-refractivity contribution is 1.38. The molecular formula is C15H17N5S. The summed E-state index contributed by atoms with van der Waals surface area (Å²) in [4.78, 5) is 9.02. The third kappa shape index (κ3) is 4.25. The van der Waals surface area contributed by atoms with Gasteiger partial charge in [-0.15, -0.1) is 11.8 Å². The first-order chi connectivity index (χ1) is 10.1. The maximum absolute atomic E-state index is 5.59. The molecular weight excluding hydrogens is 282 g/mol. The Morgan fingerprint density at radius 3 is 1.86 bits per heavy atom. The van der Waals surface area contributed by atoms with Crippen LogP contribution in [0.4, 0.5) is 5.69 Å². The minimum atomic E-state index is -0.109. The van der Waals surface area contributed by atoms with E-state index >= 15 is 0 Å². The highest BCUT2D eigenvalue weighted by Gasteiger charge is 1.99. The predicted molar refractivity (Wildman–Crippen MR) is 90.8 cm³/mol. The number of aliphatic imine (C=N–C) groups is 2. The van der Waals surface area contributed by atoms with Gasteiger partial charge in [-0.1, -0.05) is 24.3 Å². The standard InChI is InChI=1S/C15H17N5S/c1-21-13-8-4-11(5-9-13)10-2-6-12(7-3-10)19-15(18)20-14(16)17/h2-9H,1H3,(H6,16,17,18,19,20). The van der Waals surface area contributed by atoms with Crippen LogP contribution in [-0.2, 0) is 0 Å². The molecule has 2 rings (SSSR count). The summed E-state index contributed by atoms with van der Waals surface area (Å²) in [7, 11) is 0. The molecule has 0 atom stereocenters. The zero-order valence-electron chi connectivity index (χ0n) is 11.7. The largest absolute Gasteiger partial charge is 0.370 e. The Labute approximate surface area is 128 Å². The third-order valence-electron chi connectivity index (χ3n) is 2.78. The second-order valence-corrected chi connectivity index (χ2v) is 5.16. The van der Waals surface area contributed by atoms with Crippen molar-refractivity contribution in [1.82, 2.24) is 0 Å². The monoisotopic (exact) mass is 299 g/mol. The fraction of sp³-hybridized carbons (Fsp3) is 0.0667. The smallest absolute Gasteiger partial charge is 0.223 e. The fourth-order valence-corrected chi connectivity index (χ4v) is 2.21. The van der Waals surface area contributed by atoms with Crippen LogP contribution in [0.2, 0.25) is 0 Å². The van der Waals surface area contributed by atoms with Crippen LogP contribution in [0.5, 0.6) is 0 Å². The molecule has 0 aliphatic rings. The van der Waals surface area contributed by atoms with Crippen LogP contribution >= 0.6 is 11.8 Å². The average Bonchev–Trinajstić information content (AvgIpc) is 2.47. The van der Waals surface area contributed by atoms with Crippen molar-refractivity contribution in [1.29, 1.82) is 0 Å². The van der Waals surface area contributed by atoms with Crippen molar-refractivity contribution in [2.75, 3.05) is 6.26 Å². The van der Waals surface area contributed by atoms with Crippen LogP contribution in [-0.4, -0.2) is 18.2 Å². The van der Waals surface area contributed by atoms with Gasteiger partial charge >= 0.3 is 0 Å². The van der Waals surface area contributed by atoms with Crippen LogP contribution in [0.3, 0.4) is 0 Å². The van der Waals surface area contributed by atoms with Crippen molar-refractivity contribution in [2.45, 2.75) is 4.90 Å². The Morgan fingerprint density at radius 2 is 1.38 bits per heavy atom. The summed E-state index contributed by atoms with van der Waals surface area (Å²) in [6.07, 6.45) is 2.06. The molecule has 2 aromatic rings. The molecule has 2 aromatic carbocycles. The van der Waals surface area contributed by atoms with Gasteiger partial charge in [-0.3, -0.25) is 0 Å². The highest BCUT2D eigenvalue weighted by molar-refractivity contribution is 7.98. The van der Waals surface area contributed by atoms with E-state index in [4.69, 9.17) is 17.2 Å². The molecule has 0 amide bonds. The fourth-order valence-electron chi connectivity index (χ4n) is 1.80. The van der Waals surface area contributed by atoms with Gasteiger partial charge in [0.25, 0.3) is 0 Å². The van der Waals surface area contributed by atoms with E-state index in [1.54, 1.807) is 11.8 Å². The quantitative estimate of drug-likeness (QED) is 0.459. The van der Waals surface area contributed by atoms with Crippen LogP contribution < -0.4 is 17.2 Å². The van der Waals surface area contributed by atoms with Gasteiger partial charge in [-0.05, 0) is 41.6 Å². The Hall–Kier alpha value is -2.47. The molecule has 6 N–H and O–H groups in total. The lowest BCUT2D eigenvalue weighted by atomic mass is 10.1. The molecule has 0 saturated carbocycles. The number of nitrogens with two attached hydrogens (primary N) is 3. The van der Waals surface area contributed by atoms with E-state index in [1.165, 1.54) is 4.90 Å². The first-order valence-electron chi connectivity index (χ1n) is 6.27. The van der Waals surface area contributed by atoms with E-state index in [-0.39, 0.29) is 11.9 Å². The summed E-state index contributed by atoms with van der Waals surface area (Å²) in [5, 5.41) is 0. The molecule has 108 valence electrons. The SMILES string of the molecule is CSc1ccc(-c2ccc(N=C(N)N=C(N)N)cc2)cc1. The molecule has 0 aliphatic heterocycles. The Kier molecular flexibility index (Phi) is 4.84. The van der Waals surface area contributed by atoms with Gasteiger partial charge in [0.2, 0.25) is 5.96 Å². The number of nitrogens with zero attached hydrogens (tertiary/aromatic N) is 2. The van der Waals surface area contributed by atoms with Gasteiger partial charge in [0.05, 0.1) is 5.69 Å². The zero-order chi connectivity index (χ0) is 15.2. The molecule has 21 heavy (non-hydrogen) atoms. The van der Waals surface area contributed by atoms with Crippen LogP contribution in [0.1, 0.15) is 0 Å². The minimum absolute atomic E-state index is 0.0343. The summed E-state index contributed by atoms with van der Waals surface area (Å²) >= 11 is 1.72. The number of guanidine groups is 2. The molecule has 0 radical (unpaired) electrons. The highest BCUT2D eigenvalue weighted by atomic mass is 32.2. The summed E-state index contributed by atoms with van der Waals surface area (Å²) < 4.78 is 0. The summed E-state index contributed by atoms with van der Waals surface area (Å²) in [5.74, 6) is -0.0752. The number of thioether (sulfide) groups is 1. The Bertz CT molecular complexity index is 655. The molecule has 0 saturated heterocycles. The van der Waals surface area contributed by atoms with Crippen LogP contribution in [0.25, 0.3) is 11.1 Å². The van der Waals surface area contributed by atoms with Gasteiger partial charge in [0, 0.05) is 4.90 Å². The number of benzene rings is 2. The molecule has 0 spiro atoms. The van der Waals surface area contributed by atoms with Crippen molar-refractivity contribution in [3.8, 4) is 11.1 Å². The molecule has 0 aliphatic carbocycles. The number of hydrogen-bond donors (Lipinski definition) is 3. The van der Waals surface area contributed by atoms with E-state index < -0.39 is 0 Å². The normalized spacial score (nSPS) is 11.2. The lowest BCUT2D eigenvalue weighted by Crippen LogP contribution is -2.26. The van der Waals surface area contributed by atoms with Crippen molar-refractivity contribution in [3.05, 3.63) is 48.5 Å². The van der Waals surface area contributed by atoms with Gasteiger partial charge in [-0.2, -0.15) is 4.99 Å². The highest BCUT2D eigenvalue weighted by Crippen LogP contribution is 2.25. The van der Waals surface area contributed by atoms with E-state index in [1.807, 2.05) is 24.3 Å². The number of rotatable bonds is 3. The molecule has 6 heteroatoms.